The molecular weight excluding hydrogens is 424 g/mol. The van der Waals surface area contributed by atoms with Crippen molar-refractivity contribution < 1.29 is 19.5 Å². The van der Waals surface area contributed by atoms with Crippen LogP contribution in [0.15, 0.2) is 82.8 Å². The second kappa shape index (κ2) is 7.69. The fourth-order valence-corrected chi connectivity index (χ4v) is 5.20. The maximum absolute atomic E-state index is 13.6. The molecule has 1 amide bonds. The summed E-state index contributed by atoms with van der Waals surface area (Å²) in [6, 6.07) is 19.1. The molecule has 0 saturated heterocycles. The van der Waals surface area contributed by atoms with E-state index >= 15 is 0 Å². The van der Waals surface area contributed by atoms with Gasteiger partial charge in [0.15, 0.2) is 0 Å². The number of nitrogens with zero attached hydrogens (tertiary/aromatic N) is 2. The first-order valence-electron chi connectivity index (χ1n) is 10.1. The Labute approximate surface area is 188 Å². The highest BCUT2D eigenvalue weighted by atomic mass is 32.1. The lowest BCUT2D eigenvalue weighted by molar-refractivity contribution is -0.120. The van der Waals surface area contributed by atoms with E-state index in [4.69, 9.17) is 0 Å². The molecule has 2 heterocycles. The number of Topliss-reactive ketones (excluding diaryl/α,β-unsaturated/α-hetero) is 2. The molecule has 2 aromatic carbocycles. The van der Waals surface area contributed by atoms with Gasteiger partial charge in [0, 0.05) is 27.6 Å². The van der Waals surface area contributed by atoms with Crippen LogP contribution in [0.4, 0.5) is 5.69 Å². The van der Waals surface area contributed by atoms with Crippen LogP contribution in [0.1, 0.15) is 33.6 Å². The summed E-state index contributed by atoms with van der Waals surface area (Å²) in [6.07, 6.45) is 0. The van der Waals surface area contributed by atoms with E-state index in [0.29, 0.717) is 21.8 Å². The zero-order valence-electron chi connectivity index (χ0n) is 17.1. The molecule has 0 radical (unpaired) electrons. The average Bonchev–Trinajstić information content (AvgIpc) is 3.44. The van der Waals surface area contributed by atoms with Gasteiger partial charge in [-0.2, -0.15) is 5.10 Å². The van der Waals surface area contributed by atoms with Crippen molar-refractivity contribution in [1.29, 1.82) is 0 Å². The third-order valence-electron chi connectivity index (χ3n) is 5.81. The van der Waals surface area contributed by atoms with E-state index in [1.165, 1.54) is 22.4 Å². The summed E-state index contributed by atoms with van der Waals surface area (Å²) in [6.45, 7) is 1.73. The summed E-state index contributed by atoms with van der Waals surface area (Å²) < 4.78 is 0. The molecule has 2 atom stereocenters. The fourth-order valence-electron chi connectivity index (χ4n) is 4.33. The number of anilines is 1. The number of aliphatic hydroxyl groups is 1. The maximum Gasteiger partial charge on any atom is 0.257 e. The van der Waals surface area contributed by atoms with E-state index in [1.54, 1.807) is 43.3 Å². The largest absolute Gasteiger partial charge is 0.507 e. The van der Waals surface area contributed by atoms with Gasteiger partial charge in [0.1, 0.15) is 5.76 Å². The highest BCUT2D eigenvalue weighted by Crippen LogP contribution is 2.44. The maximum atomic E-state index is 13.6. The SMILES string of the molecule is CC1=NN(c2ccccc2)C(=O)C1C(C1=C(O)c2ccccc2C(=O)C1=O)c1cccs1. The highest BCUT2D eigenvalue weighted by Gasteiger charge is 2.47. The van der Waals surface area contributed by atoms with E-state index < -0.39 is 23.4 Å². The number of rotatable bonds is 4. The number of benzene rings is 2. The van der Waals surface area contributed by atoms with Gasteiger partial charge in [-0.3, -0.25) is 14.4 Å². The standard InChI is InChI=1S/C25H18N2O4S/c1-14-19(25(31)27(26-14)15-8-3-2-4-9-15)20(18-12-7-13-32-18)21-22(28)16-10-5-6-11-17(16)23(29)24(21)30/h2-13,19-20,28H,1H3. The minimum atomic E-state index is -0.829. The molecule has 32 heavy (non-hydrogen) atoms. The summed E-state index contributed by atoms with van der Waals surface area (Å²) in [5.74, 6) is -3.71. The Balaban J connectivity index is 1.68. The van der Waals surface area contributed by atoms with Crippen molar-refractivity contribution in [3.05, 3.63) is 93.7 Å². The molecule has 0 saturated carbocycles. The van der Waals surface area contributed by atoms with Crippen LogP contribution in [0.2, 0.25) is 0 Å². The summed E-state index contributed by atoms with van der Waals surface area (Å²) in [7, 11) is 0. The van der Waals surface area contributed by atoms with Crippen LogP contribution in [0.25, 0.3) is 5.76 Å². The number of hydrogen-bond donors (Lipinski definition) is 1. The summed E-state index contributed by atoms with van der Waals surface area (Å²) in [5, 5.41) is 18.8. The molecular formula is C25H18N2O4S. The Kier molecular flexibility index (Phi) is 4.83. The minimum Gasteiger partial charge on any atom is -0.507 e. The van der Waals surface area contributed by atoms with Crippen LogP contribution < -0.4 is 5.01 Å². The van der Waals surface area contributed by atoms with Gasteiger partial charge in [-0.25, -0.2) is 5.01 Å². The van der Waals surface area contributed by atoms with Crippen LogP contribution in [-0.4, -0.2) is 28.3 Å². The Morgan fingerprint density at radius 3 is 2.28 bits per heavy atom. The van der Waals surface area contributed by atoms with Crippen molar-refractivity contribution >= 4 is 46.0 Å². The number of carbonyl (C=O) groups is 3. The zero-order chi connectivity index (χ0) is 22.4. The molecule has 1 aromatic heterocycles. The molecule has 1 N–H and O–H groups in total. The van der Waals surface area contributed by atoms with Crippen LogP contribution in [-0.2, 0) is 9.59 Å². The number of para-hydroxylation sites is 1. The Morgan fingerprint density at radius 1 is 0.906 bits per heavy atom. The number of ketones is 2. The fraction of sp³-hybridized carbons (Fsp3) is 0.120. The molecule has 5 rings (SSSR count). The monoisotopic (exact) mass is 442 g/mol. The molecule has 3 aromatic rings. The van der Waals surface area contributed by atoms with E-state index in [0.717, 1.165) is 0 Å². The van der Waals surface area contributed by atoms with Crippen molar-refractivity contribution in [3.63, 3.8) is 0 Å². The number of thiophene rings is 1. The number of amides is 1. The van der Waals surface area contributed by atoms with E-state index in [1.807, 2.05) is 29.6 Å². The van der Waals surface area contributed by atoms with Gasteiger partial charge in [-0.1, -0.05) is 48.5 Å². The second-order valence-electron chi connectivity index (χ2n) is 7.66. The van der Waals surface area contributed by atoms with Crippen LogP contribution in [0.3, 0.4) is 0 Å². The molecule has 1 aliphatic heterocycles. The molecule has 2 unspecified atom stereocenters. The number of allylic oxidation sites excluding steroid dienone is 1. The van der Waals surface area contributed by atoms with Gasteiger partial charge >= 0.3 is 0 Å². The van der Waals surface area contributed by atoms with E-state index in [-0.39, 0.29) is 22.8 Å². The molecule has 158 valence electrons. The third-order valence-corrected chi connectivity index (χ3v) is 6.77. The number of hydrogen-bond acceptors (Lipinski definition) is 6. The van der Waals surface area contributed by atoms with Gasteiger partial charge < -0.3 is 5.11 Å². The van der Waals surface area contributed by atoms with E-state index in [2.05, 4.69) is 5.10 Å². The van der Waals surface area contributed by atoms with Crippen LogP contribution in [0.5, 0.6) is 0 Å². The Bertz CT molecular complexity index is 1310. The third kappa shape index (κ3) is 3.01. The molecule has 7 heteroatoms. The van der Waals surface area contributed by atoms with Crippen LogP contribution in [0, 0.1) is 5.92 Å². The van der Waals surface area contributed by atoms with Gasteiger partial charge in [0.05, 0.1) is 17.2 Å². The topological polar surface area (TPSA) is 87.0 Å². The van der Waals surface area contributed by atoms with Gasteiger partial charge in [0.2, 0.25) is 11.6 Å². The number of hydrazone groups is 1. The Hall–Kier alpha value is -3.84. The highest BCUT2D eigenvalue weighted by molar-refractivity contribution is 7.10. The number of carbonyl (C=O) groups excluding carboxylic acids is 3. The molecule has 6 nitrogen and oxygen atoms in total. The lowest BCUT2D eigenvalue weighted by Crippen LogP contribution is -2.36. The Morgan fingerprint density at radius 2 is 1.59 bits per heavy atom. The normalized spacial score (nSPS) is 19.3. The molecule has 0 spiro atoms. The van der Waals surface area contributed by atoms with Gasteiger partial charge in [-0.05, 0) is 30.5 Å². The van der Waals surface area contributed by atoms with Crippen molar-refractivity contribution in [2.45, 2.75) is 12.8 Å². The van der Waals surface area contributed by atoms with Crippen molar-refractivity contribution in [2.24, 2.45) is 11.0 Å². The number of aliphatic hydroxyl groups excluding tert-OH is 1. The first-order valence-corrected chi connectivity index (χ1v) is 11.0. The quantitative estimate of drug-likeness (QED) is 0.598. The number of fused-ring (bicyclic) bond motifs is 1. The minimum absolute atomic E-state index is 0.0565. The molecule has 2 aliphatic rings. The first kappa shape index (κ1) is 20.1. The molecule has 1 aliphatic carbocycles. The average molecular weight is 442 g/mol. The predicted molar refractivity (Wildman–Crippen MR) is 123 cm³/mol. The zero-order valence-corrected chi connectivity index (χ0v) is 17.9. The summed E-state index contributed by atoms with van der Waals surface area (Å²) >= 11 is 1.36. The van der Waals surface area contributed by atoms with Crippen LogP contribution >= 0.6 is 11.3 Å². The smallest absolute Gasteiger partial charge is 0.257 e. The van der Waals surface area contributed by atoms with Crippen molar-refractivity contribution in [2.75, 3.05) is 5.01 Å². The van der Waals surface area contributed by atoms with Gasteiger partial charge in [0.25, 0.3) is 5.91 Å². The van der Waals surface area contributed by atoms with Crippen molar-refractivity contribution in [3.8, 4) is 0 Å². The lowest BCUT2D eigenvalue weighted by Gasteiger charge is -2.27. The van der Waals surface area contributed by atoms with Crippen molar-refractivity contribution in [1.82, 2.24) is 0 Å². The summed E-state index contributed by atoms with van der Waals surface area (Å²) in [4.78, 5) is 40.4. The lowest BCUT2D eigenvalue weighted by atomic mass is 9.75. The van der Waals surface area contributed by atoms with Gasteiger partial charge in [-0.15, -0.1) is 11.3 Å². The predicted octanol–water partition coefficient (Wildman–Crippen LogP) is 4.61. The molecule has 0 bridgehead atoms. The van der Waals surface area contributed by atoms with E-state index in [9.17, 15) is 19.5 Å². The molecule has 0 fully saturated rings. The first-order chi connectivity index (χ1) is 15.5. The summed E-state index contributed by atoms with van der Waals surface area (Å²) in [5.41, 5.74) is 1.53. The second-order valence-corrected chi connectivity index (χ2v) is 8.64.